The van der Waals surface area contributed by atoms with Crippen LogP contribution < -0.4 is 0 Å². The summed E-state index contributed by atoms with van der Waals surface area (Å²) in [6, 6.07) is 14.5. The van der Waals surface area contributed by atoms with Gasteiger partial charge in [-0.25, -0.2) is 24.7 Å². The highest BCUT2D eigenvalue weighted by Gasteiger charge is 2.35. The van der Waals surface area contributed by atoms with Gasteiger partial charge in [-0.05, 0) is 76.9 Å². The molecule has 0 fully saturated rings. The molecule has 5 aromatic rings. The Hall–Kier alpha value is -5.19. The average molecular weight is 594 g/mol. The Balaban J connectivity index is 0.000000187. The molecule has 6 rings (SSSR count). The lowest BCUT2D eigenvalue weighted by Gasteiger charge is -2.27. The molecule has 11 nitrogen and oxygen atoms in total. The zero-order valence-corrected chi connectivity index (χ0v) is 25.5. The molecule has 44 heavy (non-hydrogen) atoms. The maximum atomic E-state index is 12.4. The van der Waals surface area contributed by atoms with E-state index in [2.05, 4.69) is 43.1 Å². The van der Waals surface area contributed by atoms with Crippen molar-refractivity contribution in [1.82, 2.24) is 34.0 Å². The summed E-state index contributed by atoms with van der Waals surface area (Å²) in [5.74, 6) is -0.767. The second kappa shape index (κ2) is 12.2. The molecule has 1 aliphatic rings. The minimum atomic E-state index is -0.405. The number of hydrogen-bond donors (Lipinski definition) is 0. The van der Waals surface area contributed by atoms with Gasteiger partial charge in [0.2, 0.25) is 0 Å². The Morgan fingerprint density at radius 2 is 1.34 bits per heavy atom. The third-order valence-corrected chi connectivity index (χ3v) is 7.76. The van der Waals surface area contributed by atoms with Gasteiger partial charge in [-0.2, -0.15) is 0 Å². The molecule has 0 aliphatic carbocycles. The van der Waals surface area contributed by atoms with Crippen molar-refractivity contribution < 1.29 is 19.1 Å². The number of esters is 1. The number of imide groups is 1. The predicted octanol–water partition coefficient (Wildman–Crippen LogP) is 5.14. The molecule has 4 aromatic heterocycles. The van der Waals surface area contributed by atoms with Crippen molar-refractivity contribution in [2.24, 2.45) is 0 Å². The highest BCUT2D eigenvalue weighted by molar-refractivity contribution is 6.21. The van der Waals surface area contributed by atoms with Crippen LogP contribution in [0.25, 0.3) is 22.3 Å². The fourth-order valence-corrected chi connectivity index (χ4v) is 5.22. The van der Waals surface area contributed by atoms with Crippen LogP contribution >= 0.6 is 0 Å². The minimum absolute atomic E-state index is 0.196. The monoisotopic (exact) mass is 593 g/mol. The molecular formula is C33H35N7O4. The van der Waals surface area contributed by atoms with Gasteiger partial charge < -0.3 is 13.9 Å². The fraction of sp³-hybridized carbons (Fsp3) is 0.303. The SMILES string of the molecule is CC(C)(CCCN1C(=O)c2ccccc2C1=O)n1cnc2cccnc21.COC(=O)/C=C/C(C)(C)n1cnc2cccnc21. The van der Waals surface area contributed by atoms with Crippen LogP contribution in [-0.4, -0.2) is 65.4 Å². The minimum Gasteiger partial charge on any atom is -0.466 e. The Bertz CT molecular complexity index is 1830. The Morgan fingerprint density at radius 1 is 0.795 bits per heavy atom. The van der Waals surface area contributed by atoms with Crippen molar-refractivity contribution in [1.29, 1.82) is 0 Å². The van der Waals surface area contributed by atoms with E-state index in [1.807, 2.05) is 42.7 Å². The highest BCUT2D eigenvalue weighted by atomic mass is 16.5. The number of benzene rings is 1. The number of hydrogen-bond acceptors (Lipinski definition) is 8. The molecule has 0 radical (unpaired) electrons. The molecular weight excluding hydrogens is 558 g/mol. The second-order valence-electron chi connectivity index (χ2n) is 11.7. The van der Waals surface area contributed by atoms with Crippen LogP contribution in [0.5, 0.6) is 0 Å². The summed E-state index contributed by atoms with van der Waals surface area (Å²) in [5, 5.41) is 0. The maximum Gasteiger partial charge on any atom is 0.330 e. The number of aromatic nitrogens is 6. The zero-order valence-electron chi connectivity index (χ0n) is 25.5. The lowest BCUT2D eigenvalue weighted by Crippen LogP contribution is -2.33. The van der Waals surface area contributed by atoms with Gasteiger partial charge >= 0.3 is 5.97 Å². The number of methoxy groups -OCH3 is 1. The molecule has 11 heteroatoms. The first-order valence-corrected chi connectivity index (χ1v) is 14.3. The molecule has 1 aliphatic heterocycles. The van der Waals surface area contributed by atoms with E-state index in [9.17, 15) is 14.4 Å². The summed E-state index contributed by atoms with van der Waals surface area (Å²) in [4.78, 5) is 54.8. The summed E-state index contributed by atoms with van der Waals surface area (Å²) in [7, 11) is 1.36. The van der Waals surface area contributed by atoms with Crippen LogP contribution in [0.4, 0.5) is 0 Å². The highest BCUT2D eigenvalue weighted by Crippen LogP contribution is 2.28. The number of ether oxygens (including phenoxy) is 1. The fourth-order valence-electron chi connectivity index (χ4n) is 5.22. The Kier molecular flexibility index (Phi) is 8.39. The van der Waals surface area contributed by atoms with Crippen LogP contribution in [0.2, 0.25) is 0 Å². The molecule has 0 unspecified atom stereocenters. The van der Waals surface area contributed by atoms with Gasteiger partial charge in [-0.15, -0.1) is 0 Å². The topological polar surface area (TPSA) is 125 Å². The van der Waals surface area contributed by atoms with Crippen molar-refractivity contribution in [3.05, 3.63) is 96.9 Å². The first-order chi connectivity index (χ1) is 21.0. The number of imidazole rings is 2. The Morgan fingerprint density at radius 3 is 1.91 bits per heavy atom. The van der Waals surface area contributed by atoms with Crippen molar-refractivity contribution in [2.45, 2.75) is 51.6 Å². The largest absolute Gasteiger partial charge is 0.466 e. The van der Waals surface area contributed by atoms with E-state index in [-0.39, 0.29) is 23.3 Å². The average Bonchev–Trinajstić information content (AvgIpc) is 3.73. The van der Waals surface area contributed by atoms with Crippen molar-refractivity contribution in [3.8, 4) is 0 Å². The van der Waals surface area contributed by atoms with E-state index in [0.29, 0.717) is 24.1 Å². The van der Waals surface area contributed by atoms with Crippen molar-refractivity contribution in [3.63, 3.8) is 0 Å². The van der Waals surface area contributed by atoms with E-state index in [4.69, 9.17) is 0 Å². The molecule has 0 spiro atoms. The van der Waals surface area contributed by atoms with Crippen molar-refractivity contribution in [2.75, 3.05) is 13.7 Å². The lowest BCUT2D eigenvalue weighted by atomic mass is 9.98. The number of allylic oxidation sites excluding steroid dienone is 1. The normalized spacial score (nSPS) is 13.4. The molecule has 226 valence electrons. The maximum absolute atomic E-state index is 12.4. The quantitative estimate of drug-likeness (QED) is 0.138. The Labute approximate surface area is 255 Å². The smallest absolute Gasteiger partial charge is 0.330 e. The van der Waals surface area contributed by atoms with Gasteiger partial charge in [0.05, 0.1) is 36.4 Å². The number of amides is 2. The molecule has 0 saturated heterocycles. The van der Waals surface area contributed by atoms with E-state index >= 15 is 0 Å². The predicted molar refractivity (Wildman–Crippen MR) is 166 cm³/mol. The summed E-state index contributed by atoms with van der Waals surface area (Å²) in [5.41, 5.74) is 3.70. The molecule has 2 amide bonds. The third-order valence-electron chi connectivity index (χ3n) is 7.76. The van der Waals surface area contributed by atoms with E-state index < -0.39 is 5.54 Å². The summed E-state index contributed by atoms with van der Waals surface area (Å²) < 4.78 is 8.56. The molecule has 0 atom stereocenters. The van der Waals surface area contributed by atoms with Gasteiger partial charge in [-0.3, -0.25) is 14.5 Å². The van der Waals surface area contributed by atoms with Gasteiger partial charge in [0, 0.05) is 30.6 Å². The molecule has 0 N–H and O–H groups in total. The number of nitrogens with zero attached hydrogens (tertiary/aromatic N) is 7. The van der Waals surface area contributed by atoms with Gasteiger partial charge in [0.25, 0.3) is 11.8 Å². The third kappa shape index (κ3) is 5.98. The van der Waals surface area contributed by atoms with E-state index in [0.717, 1.165) is 28.7 Å². The number of carbonyl (C=O) groups is 3. The first-order valence-electron chi connectivity index (χ1n) is 14.3. The van der Waals surface area contributed by atoms with Gasteiger partial charge in [-0.1, -0.05) is 18.2 Å². The van der Waals surface area contributed by atoms with E-state index in [1.54, 1.807) is 55.4 Å². The second-order valence-corrected chi connectivity index (χ2v) is 11.7. The summed E-state index contributed by atoms with van der Waals surface area (Å²) >= 11 is 0. The van der Waals surface area contributed by atoms with Crippen LogP contribution in [0.15, 0.2) is 85.7 Å². The van der Waals surface area contributed by atoms with Gasteiger partial charge in [0.1, 0.15) is 11.0 Å². The first kappa shape index (κ1) is 30.3. The lowest BCUT2D eigenvalue weighted by molar-refractivity contribution is -0.134. The number of carbonyl (C=O) groups excluding carboxylic acids is 3. The van der Waals surface area contributed by atoms with Crippen LogP contribution in [0, 0.1) is 0 Å². The number of rotatable bonds is 8. The standard InChI is InChI=1S/C20H20N4O2.C13H15N3O2/c1-20(2,24-13-22-16-9-5-11-21-17(16)24)10-6-12-23-18(25)14-7-3-4-8-15(14)19(23)26;1-13(2,7-6-11(17)18-3)16-9-15-10-5-4-8-14-12(10)16/h3-5,7-9,11,13H,6,10,12H2,1-2H3;4-9H,1-3H3/b;7-6+. The summed E-state index contributed by atoms with van der Waals surface area (Å²) in [6.45, 7) is 8.59. The van der Waals surface area contributed by atoms with E-state index in [1.165, 1.54) is 18.1 Å². The van der Waals surface area contributed by atoms with Crippen LogP contribution in [-0.2, 0) is 20.6 Å². The van der Waals surface area contributed by atoms with Crippen molar-refractivity contribution >= 4 is 40.1 Å². The molecule has 0 bridgehead atoms. The number of pyridine rings is 2. The van der Waals surface area contributed by atoms with Crippen LogP contribution in [0.3, 0.4) is 0 Å². The molecule has 0 saturated carbocycles. The number of fused-ring (bicyclic) bond motifs is 3. The van der Waals surface area contributed by atoms with Crippen LogP contribution in [0.1, 0.15) is 61.3 Å². The summed E-state index contributed by atoms with van der Waals surface area (Å²) in [6.07, 6.45) is 11.7. The van der Waals surface area contributed by atoms with Gasteiger partial charge in [0.15, 0.2) is 11.3 Å². The zero-order chi connectivity index (χ0) is 31.5. The molecule has 5 heterocycles. The molecule has 1 aromatic carbocycles.